The topological polar surface area (TPSA) is 106 Å². The third-order valence-electron chi connectivity index (χ3n) is 7.15. The molecule has 2 aromatic carbocycles. The van der Waals surface area contributed by atoms with Gasteiger partial charge >= 0.3 is 0 Å². The van der Waals surface area contributed by atoms with Gasteiger partial charge in [-0.1, -0.05) is 12.1 Å². The second-order valence-corrected chi connectivity index (χ2v) is 9.64. The van der Waals surface area contributed by atoms with Crippen LogP contribution in [0.5, 0.6) is 5.75 Å². The third-order valence-corrected chi connectivity index (χ3v) is 7.15. The molecular weight excluding hydrogens is 467 g/mol. The number of ether oxygens (including phenoxy) is 3. The van der Waals surface area contributed by atoms with E-state index in [9.17, 15) is 19.1 Å². The van der Waals surface area contributed by atoms with Crippen molar-refractivity contribution in [2.24, 2.45) is 5.92 Å². The number of rotatable bonds is 7. The van der Waals surface area contributed by atoms with Gasteiger partial charge in [0.05, 0.1) is 19.1 Å². The Labute approximate surface area is 209 Å². The number of aliphatic hydroxyl groups excluding tert-OH is 1. The quantitative estimate of drug-likeness (QED) is 0.542. The van der Waals surface area contributed by atoms with E-state index in [4.69, 9.17) is 14.2 Å². The number of carbonyl (C=O) groups excluding carboxylic acids is 2. The van der Waals surface area contributed by atoms with Crippen LogP contribution in [0.3, 0.4) is 0 Å². The van der Waals surface area contributed by atoms with Crippen molar-refractivity contribution in [2.75, 3.05) is 25.1 Å². The van der Waals surface area contributed by atoms with Crippen LogP contribution in [0.15, 0.2) is 42.5 Å². The summed E-state index contributed by atoms with van der Waals surface area (Å²) in [6.45, 7) is 1.18. The van der Waals surface area contributed by atoms with Crippen LogP contribution in [0.2, 0.25) is 0 Å². The van der Waals surface area contributed by atoms with Crippen LogP contribution in [0.1, 0.15) is 42.7 Å². The summed E-state index contributed by atoms with van der Waals surface area (Å²) in [6, 6.07) is 11.7. The van der Waals surface area contributed by atoms with Crippen LogP contribution in [-0.2, 0) is 25.6 Å². The second kappa shape index (κ2) is 10.9. The molecule has 36 heavy (non-hydrogen) atoms. The predicted octanol–water partition coefficient (Wildman–Crippen LogP) is 2.89. The minimum absolute atomic E-state index is 0.0122. The zero-order chi connectivity index (χ0) is 25.1. The van der Waals surface area contributed by atoms with Gasteiger partial charge in [-0.25, -0.2) is 4.39 Å². The number of hydrogen-bond acceptors (Lipinski definition) is 6. The molecule has 3 aliphatic rings. The number of carbonyl (C=O) groups is 2. The first-order chi connectivity index (χ1) is 17.5. The Morgan fingerprint density at radius 1 is 1.11 bits per heavy atom. The normalized spacial score (nSPS) is 25.4. The van der Waals surface area contributed by atoms with E-state index in [-0.39, 0.29) is 55.1 Å². The number of anilines is 1. The van der Waals surface area contributed by atoms with Crippen LogP contribution >= 0.6 is 0 Å². The molecule has 2 saturated heterocycles. The molecule has 9 heteroatoms. The first-order valence-electron chi connectivity index (χ1n) is 12.5. The zero-order valence-electron chi connectivity index (χ0n) is 20.0. The summed E-state index contributed by atoms with van der Waals surface area (Å²) in [7, 11) is 0. The molecule has 0 bridgehead atoms. The lowest BCUT2D eigenvalue weighted by atomic mass is 9.84. The highest BCUT2D eigenvalue weighted by Gasteiger charge is 2.46. The van der Waals surface area contributed by atoms with E-state index in [2.05, 4.69) is 10.6 Å². The Hall–Kier alpha value is -3.01. The summed E-state index contributed by atoms with van der Waals surface area (Å²) in [6.07, 6.45) is 0.733. The fourth-order valence-electron chi connectivity index (χ4n) is 5.30. The molecule has 8 nitrogen and oxygen atoms in total. The molecule has 0 aromatic heterocycles. The minimum atomic E-state index is -0.572. The standard InChI is InChI=1S/C27H31FN2O6/c28-18-3-1-2-16(10-18)14-29-25(32)13-20-12-22-21-11-19(30-27(33)17-6-8-34-9-7-17)4-5-23(21)36-26(22)24(15-31)35-20/h1-5,10-11,17,20,22,24,26,31H,6-9,12-15H2,(H,29,32)(H,30,33)/t20-,22-,24-,26+/m1/s1. The van der Waals surface area contributed by atoms with Gasteiger partial charge in [-0.15, -0.1) is 0 Å². The predicted molar refractivity (Wildman–Crippen MR) is 129 cm³/mol. The van der Waals surface area contributed by atoms with Gasteiger partial charge < -0.3 is 30.0 Å². The van der Waals surface area contributed by atoms with Gasteiger partial charge in [0.1, 0.15) is 23.8 Å². The highest BCUT2D eigenvalue weighted by Crippen LogP contribution is 2.47. The number of halogens is 1. The molecule has 4 atom stereocenters. The first-order valence-corrected chi connectivity index (χ1v) is 12.5. The molecule has 192 valence electrons. The molecule has 0 radical (unpaired) electrons. The van der Waals surface area contributed by atoms with Crippen molar-refractivity contribution >= 4 is 17.5 Å². The minimum Gasteiger partial charge on any atom is -0.487 e. The van der Waals surface area contributed by atoms with Crippen molar-refractivity contribution in [1.29, 1.82) is 0 Å². The van der Waals surface area contributed by atoms with Gasteiger partial charge in [0.15, 0.2) is 0 Å². The molecule has 0 spiro atoms. The van der Waals surface area contributed by atoms with Gasteiger partial charge in [0.25, 0.3) is 0 Å². The molecule has 3 N–H and O–H groups in total. The van der Waals surface area contributed by atoms with Crippen LogP contribution in [-0.4, -0.2) is 55.1 Å². The average molecular weight is 499 g/mol. The van der Waals surface area contributed by atoms with E-state index in [1.807, 2.05) is 18.2 Å². The maximum absolute atomic E-state index is 13.4. The van der Waals surface area contributed by atoms with E-state index >= 15 is 0 Å². The summed E-state index contributed by atoms with van der Waals surface area (Å²) in [5, 5.41) is 15.8. The van der Waals surface area contributed by atoms with Crippen LogP contribution in [0.4, 0.5) is 10.1 Å². The molecule has 5 rings (SSSR count). The Balaban J connectivity index is 1.23. The van der Waals surface area contributed by atoms with Crippen molar-refractivity contribution in [2.45, 2.75) is 56.5 Å². The molecule has 2 fully saturated rings. The molecule has 0 unspecified atom stereocenters. The SMILES string of the molecule is O=C(C[C@H]1C[C@@H]2c3cc(NC(=O)C4CCOCC4)ccc3O[C@@H]2[C@@H](CO)O1)NCc1cccc(F)c1. The fraction of sp³-hybridized carbons (Fsp3) is 0.481. The maximum atomic E-state index is 13.4. The summed E-state index contributed by atoms with van der Waals surface area (Å²) >= 11 is 0. The van der Waals surface area contributed by atoms with Crippen molar-refractivity contribution in [3.8, 4) is 5.75 Å². The fourth-order valence-corrected chi connectivity index (χ4v) is 5.30. The van der Waals surface area contributed by atoms with Crippen molar-refractivity contribution in [3.05, 3.63) is 59.4 Å². The summed E-state index contributed by atoms with van der Waals surface area (Å²) in [5.74, 6) is -0.0116. The summed E-state index contributed by atoms with van der Waals surface area (Å²) in [4.78, 5) is 25.3. The maximum Gasteiger partial charge on any atom is 0.227 e. The van der Waals surface area contributed by atoms with Crippen LogP contribution < -0.4 is 15.4 Å². The summed E-state index contributed by atoms with van der Waals surface area (Å²) < 4.78 is 30.9. The van der Waals surface area contributed by atoms with E-state index in [1.165, 1.54) is 12.1 Å². The monoisotopic (exact) mass is 498 g/mol. The first kappa shape index (κ1) is 24.7. The molecule has 0 aliphatic carbocycles. The van der Waals surface area contributed by atoms with Crippen molar-refractivity contribution in [1.82, 2.24) is 5.32 Å². The molecule has 2 amide bonds. The van der Waals surface area contributed by atoms with Gasteiger partial charge in [-0.3, -0.25) is 9.59 Å². The molecule has 2 aromatic rings. The number of nitrogens with one attached hydrogen (secondary N) is 2. The lowest BCUT2D eigenvalue weighted by Crippen LogP contribution is -2.47. The second-order valence-electron chi connectivity index (χ2n) is 9.64. The third kappa shape index (κ3) is 5.53. The average Bonchev–Trinajstić information content (AvgIpc) is 3.25. The highest BCUT2D eigenvalue weighted by atomic mass is 19.1. The van der Waals surface area contributed by atoms with E-state index in [0.29, 0.717) is 49.5 Å². The number of amides is 2. The Kier molecular flexibility index (Phi) is 7.50. The Morgan fingerprint density at radius 3 is 2.72 bits per heavy atom. The molecule has 0 saturated carbocycles. The van der Waals surface area contributed by atoms with Gasteiger partial charge in [0, 0.05) is 42.8 Å². The largest absolute Gasteiger partial charge is 0.487 e. The molecule has 3 aliphatic heterocycles. The summed E-state index contributed by atoms with van der Waals surface area (Å²) in [5.41, 5.74) is 2.32. The zero-order valence-corrected chi connectivity index (χ0v) is 20.0. The Morgan fingerprint density at radius 2 is 1.94 bits per heavy atom. The number of hydrogen-bond donors (Lipinski definition) is 3. The molecule has 3 heterocycles. The van der Waals surface area contributed by atoms with E-state index in [1.54, 1.807) is 12.1 Å². The number of fused-ring (bicyclic) bond motifs is 3. The van der Waals surface area contributed by atoms with Gasteiger partial charge in [-0.2, -0.15) is 0 Å². The lowest BCUT2D eigenvalue weighted by Gasteiger charge is -2.37. The van der Waals surface area contributed by atoms with Crippen LogP contribution in [0.25, 0.3) is 0 Å². The van der Waals surface area contributed by atoms with E-state index < -0.39 is 12.2 Å². The smallest absolute Gasteiger partial charge is 0.227 e. The number of benzene rings is 2. The van der Waals surface area contributed by atoms with Gasteiger partial charge in [-0.05, 0) is 55.2 Å². The van der Waals surface area contributed by atoms with Crippen molar-refractivity contribution in [3.63, 3.8) is 0 Å². The van der Waals surface area contributed by atoms with Gasteiger partial charge in [0.2, 0.25) is 11.8 Å². The van der Waals surface area contributed by atoms with Crippen molar-refractivity contribution < 1.29 is 33.3 Å². The Bertz CT molecular complexity index is 1110. The van der Waals surface area contributed by atoms with Crippen LogP contribution in [0, 0.1) is 11.7 Å². The number of aliphatic hydroxyl groups is 1. The van der Waals surface area contributed by atoms with E-state index in [0.717, 1.165) is 5.56 Å². The lowest BCUT2D eigenvalue weighted by molar-refractivity contribution is -0.142. The highest BCUT2D eigenvalue weighted by molar-refractivity contribution is 5.92. The molecular formula is C27H31FN2O6.